The average Bonchev–Trinajstić information content (AvgIpc) is 0.841. The molecule has 10 aromatic rings. The Morgan fingerprint density at radius 2 is 0.511 bits per heavy atom. The van der Waals surface area contributed by atoms with Crippen molar-refractivity contribution in [3.8, 4) is 57.5 Å². The summed E-state index contributed by atoms with van der Waals surface area (Å²) >= 11 is 0. The van der Waals surface area contributed by atoms with Gasteiger partial charge in [-0.15, -0.1) is 0 Å². The summed E-state index contributed by atoms with van der Waals surface area (Å²) in [6, 6.07) is 44.8. The zero-order valence-electron chi connectivity index (χ0n) is 74.8. The van der Waals surface area contributed by atoms with E-state index in [9.17, 15) is 123 Å². The van der Waals surface area contributed by atoms with E-state index in [1.807, 2.05) is 6.92 Å². The zero-order chi connectivity index (χ0) is 101. The minimum atomic E-state index is -1.08. The summed E-state index contributed by atoms with van der Waals surface area (Å²) in [5, 5.41) is 147. The lowest BCUT2D eigenvalue weighted by atomic mass is 10.1. The Hall–Kier alpha value is -17.8. The van der Waals surface area contributed by atoms with E-state index in [1.54, 1.807) is 86.6 Å². The van der Waals surface area contributed by atoms with Gasteiger partial charge in [0.05, 0.1) is 42.0 Å². The normalized spacial score (nSPS) is 10.2. The molecule has 0 aliphatic heterocycles. The lowest BCUT2D eigenvalue weighted by molar-refractivity contribution is -0.122. The van der Waals surface area contributed by atoms with Crippen LogP contribution in [-0.4, -0.2) is 202 Å². The Morgan fingerprint density at radius 3 is 0.796 bits per heavy atom. The molecule has 40 heteroatoms. The predicted molar refractivity (Wildman–Crippen MR) is 496 cm³/mol. The molecule has 0 unspecified atom stereocenters. The summed E-state index contributed by atoms with van der Waals surface area (Å²) < 4.78 is 9.29. The summed E-state index contributed by atoms with van der Waals surface area (Å²) in [4.78, 5) is 175. The number of carbonyl (C=O) groups excluding carboxylic acids is 12. The highest BCUT2D eigenvalue weighted by Gasteiger charge is 2.20. The topological polar surface area (TPSA) is 658 Å². The first-order valence-electron chi connectivity index (χ1n) is 41.9. The lowest BCUT2D eigenvalue weighted by Gasteiger charge is -2.11. The van der Waals surface area contributed by atoms with Crippen molar-refractivity contribution >= 4 is 106 Å². The van der Waals surface area contributed by atoms with Gasteiger partial charge in [-0.25, -0.2) is 24.0 Å². The van der Waals surface area contributed by atoms with Crippen LogP contribution in [0, 0.1) is 20.8 Å². The molecule has 0 saturated heterocycles. The molecular weight excluding hydrogens is 1790 g/mol. The highest BCUT2D eigenvalue weighted by molar-refractivity contribution is 6.01. The van der Waals surface area contributed by atoms with Crippen molar-refractivity contribution in [2.45, 2.75) is 98.1 Å². The number of rotatable bonds is 37. The standard InChI is InChI=1S/2C20H22N2O6.3C19H20N2O6/c1-12-5-6-13(20(27)28-2)10-17(12)22-18(25)4-3-7-21-19(26)14-8-15(23)11-16(24)9-14;1-28-20(27)14-6-4-13(5-7-14)12-22-18(25)3-2-8-21-19(26)15-9-16(23)11-17(24)10-15;1-11-15(19(26)27)4-2-5-16(11)21-17(24)6-3-7-20-18(25)12-8-13(22)10-14(23)9-12;1-11-4-5-12(19(26)27)9-16(11)21-17(24)3-2-6-20-18(25)13-7-14(22)10-15(23)8-13;22-15-8-14(9-16(23)10-15)18(25)20-7-1-2-17(24)21-11-12-3-5-13(6-4-12)19(26)27/h5-6,8-11,23-24H,3-4,7H2,1-2H3,(H,21,26)(H,22,25);4-7,9-11,23-24H,2-3,8,12H2,1H3,(H,21,26)(H,22,25);2,4-5,8-10,22-23H,3,6-7H2,1H3,(H,20,25)(H,21,24)(H,26,27);4-5,7-10,22-23H,2-3,6H2,1H3,(H,20,25)(H,21,24)(H,26,27);3-6,8-10,22-23H,1-2,7,11H2,(H,20,25)(H,21,24)(H,26,27). The summed E-state index contributed by atoms with van der Waals surface area (Å²) in [6.07, 6.45) is 2.81. The van der Waals surface area contributed by atoms with Gasteiger partial charge in [0.25, 0.3) is 29.5 Å². The van der Waals surface area contributed by atoms with Crippen LogP contribution in [0.4, 0.5) is 17.1 Å². The number of carboxylic acids is 3. The van der Waals surface area contributed by atoms with Crippen LogP contribution in [0.1, 0.15) is 196 Å². The van der Waals surface area contributed by atoms with Gasteiger partial charge in [-0.3, -0.25) is 47.9 Å². The van der Waals surface area contributed by atoms with Gasteiger partial charge in [-0.2, -0.15) is 0 Å². The smallest absolute Gasteiger partial charge is 0.337 e. The number of carbonyl (C=O) groups is 15. The van der Waals surface area contributed by atoms with Crippen molar-refractivity contribution in [1.29, 1.82) is 0 Å². The van der Waals surface area contributed by atoms with Gasteiger partial charge in [0.1, 0.15) is 57.5 Å². The van der Waals surface area contributed by atoms with Gasteiger partial charge in [0, 0.05) is 153 Å². The number of phenols is 10. The van der Waals surface area contributed by atoms with Crippen molar-refractivity contribution < 1.29 is 148 Å². The van der Waals surface area contributed by atoms with Crippen LogP contribution in [0.3, 0.4) is 0 Å². The molecule has 0 atom stereocenters. The number of ether oxygens (including phenoxy) is 2. The minimum absolute atomic E-state index is 0.0810. The number of carboxylic acid groups (broad SMARTS) is 3. The predicted octanol–water partition coefficient (Wildman–Crippen LogP) is 10.2. The maximum atomic E-state index is 12.1. The molecule has 10 amide bonds. The van der Waals surface area contributed by atoms with Crippen molar-refractivity contribution in [3.63, 3.8) is 0 Å². The summed E-state index contributed by atoms with van der Waals surface area (Å²) in [7, 11) is 2.60. The molecule has 40 nitrogen and oxygen atoms in total. The number of aromatic hydroxyl groups is 10. The quantitative estimate of drug-likeness (QED) is 0.0127. The number of aromatic carboxylic acids is 3. The van der Waals surface area contributed by atoms with E-state index in [4.69, 9.17) is 15.3 Å². The molecule has 0 aromatic heterocycles. The van der Waals surface area contributed by atoms with Gasteiger partial charge in [-0.1, -0.05) is 42.5 Å². The number of benzene rings is 10. The van der Waals surface area contributed by atoms with E-state index in [0.29, 0.717) is 72.4 Å². The molecule has 722 valence electrons. The van der Waals surface area contributed by atoms with Crippen LogP contribution in [0.15, 0.2) is 194 Å². The van der Waals surface area contributed by atoms with Gasteiger partial charge in [0.2, 0.25) is 29.5 Å². The average molecular weight is 1890 g/mol. The number of anilines is 3. The number of hydrogen-bond acceptors (Lipinski definition) is 27. The molecule has 0 aliphatic carbocycles. The summed E-state index contributed by atoms with van der Waals surface area (Å²) in [6.45, 7) is 7.00. The third kappa shape index (κ3) is 38.7. The van der Waals surface area contributed by atoms with Crippen molar-refractivity contribution in [3.05, 3.63) is 278 Å². The van der Waals surface area contributed by atoms with E-state index in [1.165, 1.54) is 105 Å². The highest BCUT2D eigenvalue weighted by atomic mass is 16.5. The minimum Gasteiger partial charge on any atom is -0.508 e. The Morgan fingerprint density at radius 1 is 0.255 bits per heavy atom. The second-order valence-electron chi connectivity index (χ2n) is 30.0. The Balaban J connectivity index is 0.000000263. The Bertz CT molecular complexity index is 5820. The fraction of sp³-hybridized carbons (Fsp3) is 0.227. The van der Waals surface area contributed by atoms with Gasteiger partial charge in [-0.05, 0) is 202 Å². The first-order valence-corrected chi connectivity index (χ1v) is 41.9. The van der Waals surface area contributed by atoms with Gasteiger partial charge >= 0.3 is 29.8 Å². The first kappa shape index (κ1) is 108. The maximum absolute atomic E-state index is 12.1. The number of nitrogens with one attached hydrogen (secondary N) is 10. The Kier molecular flexibility index (Phi) is 43.2. The number of phenolic OH excluding ortho intramolecular Hbond substituents is 10. The monoisotopic (exact) mass is 1890 g/mol. The van der Waals surface area contributed by atoms with Crippen LogP contribution in [0.2, 0.25) is 0 Å². The molecule has 10 aromatic carbocycles. The molecule has 137 heavy (non-hydrogen) atoms. The molecule has 0 spiro atoms. The van der Waals surface area contributed by atoms with Crippen LogP contribution in [0.5, 0.6) is 57.5 Å². The number of amides is 10. The molecule has 10 rings (SSSR count). The highest BCUT2D eigenvalue weighted by Crippen LogP contribution is 2.28. The molecule has 23 N–H and O–H groups in total. The zero-order valence-corrected chi connectivity index (χ0v) is 74.8. The van der Waals surface area contributed by atoms with E-state index in [-0.39, 0.29) is 203 Å². The second kappa shape index (κ2) is 54.8. The largest absolute Gasteiger partial charge is 0.508 e. The molecule has 0 radical (unpaired) electrons. The van der Waals surface area contributed by atoms with Crippen LogP contribution in [0.25, 0.3) is 0 Å². The number of aryl methyl sites for hydroxylation is 2. The van der Waals surface area contributed by atoms with Crippen molar-refractivity contribution in [2.75, 3.05) is 62.9 Å². The maximum Gasteiger partial charge on any atom is 0.337 e. The second-order valence-corrected chi connectivity index (χ2v) is 30.0. The van der Waals surface area contributed by atoms with Crippen LogP contribution < -0.4 is 53.2 Å². The van der Waals surface area contributed by atoms with Crippen LogP contribution in [-0.2, 0) is 46.5 Å². The SMILES string of the molecule is COC(=O)c1ccc(C)c(NC(=O)CCCNC(=O)c2cc(O)cc(O)c2)c1.COC(=O)c1ccc(CNC(=O)CCCNC(=O)c2cc(O)cc(O)c2)cc1.Cc1c(NC(=O)CCCNC(=O)c2cc(O)cc(O)c2)cccc1C(=O)O.Cc1ccc(C(=O)O)cc1NC(=O)CCCNC(=O)c1cc(O)cc(O)c1.O=C(CCCNC(=O)c1cc(O)cc(O)c1)NCc1ccc(C(=O)O)cc1. The number of hydrogen-bond donors (Lipinski definition) is 23. The summed E-state index contributed by atoms with van der Waals surface area (Å²) in [5.41, 5.74) is 6.78. The third-order valence-corrected chi connectivity index (χ3v) is 19.2. The fourth-order valence-electron chi connectivity index (χ4n) is 12.1. The van der Waals surface area contributed by atoms with E-state index < -0.39 is 59.4 Å². The van der Waals surface area contributed by atoms with Crippen molar-refractivity contribution in [2.24, 2.45) is 0 Å². The third-order valence-electron chi connectivity index (χ3n) is 19.2. The number of esters is 2. The van der Waals surface area contributed by atoms with Gasteiger partial charge in [0.15, 0.2) is 0 Å². The van der Waals surface area contributed by atoms with E-state index in [0.717, 1.165) is 52.6 Å². The fourth-order valence-corrected chi connectivity index (χ4v) is 12.1. The van der Waals surface area contributed by atoms with Crippen LogP contribution >= 0.6 is 0 Å². The molecule has 0 aliphatic rings. The van der Waals surface area contributed by atoms with Gasteiger partial charge < -0.3 is 129 Å². The molecular formula is C97H104N10O30. The molecule has 0 bridgehead atoms. The Labute approximate surface area is 783 Å². The summed E-state index contributed by atoms with van der Waals surface area (Å²) in [5.74, 6) is -9.76. The molecule has 0 heterocycles. The number of methoxy groups -OCH3 is 2. The van der Waals surface area contributed by atoms with Crippen molar-refractivity contribution in [1.82, 2.24) is 37.2 Å². The lowest BCUT2D eigenvalue weighted by Crippen LogP contribution is -2.27. The molecule has 0 saturated carbocycles. The first-order chi connectivity index (χ1) is 65.1. The molecule has 0 fully saturated rings. The van der Waals surface area contributed by atoms with E-state index >= 15 is 0 Å². The van der Waals surface area contributed by atoms with E-state index in [2.05, 4.69) is 62.6 Å².